The molecule has 24 heavy (non-hydrogen) atoms. The summed E-state index contributed by atoms with van der Waals surface area (Å²) < 4.78 is 0. The number of piperidine rings is 2. The van der Waals surface area contributed by atoms with Gasteiger partial charge in [-0.3, -0.25) is 19.6 Å². The Balaban J connectivity index is 1.62. The molecule has 4 aliphatic heterocycles. The standard InChI is InChI=1S/C20H21N3O/c1-19-11-22-13-20(18(19)24,16-7-3-2-4-8-16)14-23(12-19)17(22)15-6-5-9-21-10-15/h2-10,17H,11-14H2,1H3. The molecule has 4 fully saturated rings. The number of aromatic nitrogens is 1. The zero-order valence-electron chi connectivity index (χ0n) is 13.9. The molecule has 0 radical (unpaired) electrons. The second kappa shape index (κ2) is 4.74. The maximum Gasteiger partial charge on any atom is 0.154 e. The van der Waals surface area contributed by atoms with Crippen LogP contribution in [0, 0.1) is 5.41 Å². The minimum absolute atomic E-state index is 0.247. The van der Waals surface area contributed by atoms with Gasteiger partial charge in [0.1, 0.15) is 0 Å². The topological polar surface area (TPSA) is 36.4 Å². The molecule has 1 aromatic heterocycles. The molecule has 4 bridgehead atoms. The highest BCUT2D eigenvalue weighted by atomic mass is 16.1. The first kappa shape index (κ1) is 14.3. The van der Waals surface area contributed by atoms with Crippen molar-refractivity contribution in [1.82, 2.24) is 14.8 Å². The zero-order valence-corrected chi connectivity index (χ0v) is 13.9. The summed E-state index contributed by atoms with van der Waals surface area (Å²) in [5, 5.41) is 0. The molecule has 4 heteroatoms. The minimum atomic E-state index is -0.384. The predicted molar refractivity (Wildman–Crippen MR) is 91.4 cm³/mol. The highest BCUT2D eigenvalue weighted by Gasteiger charge is 2.64. The number of carbonyl (C=O) groups excluding carboxylic acids is 1. The third kappa shape index (κ3) is 1.75. The first-order valence-electron chi connectivity index (χ1n) is 8.61. The van der Waals surface area contributed by atoms with E-state index in [1.807, 2.05) is 36.7 Å². The third-order valence-corrected chi connectivity index (χ3v) is 6.03. The van der Waals surface area contributed by atoms with Gasteiger partial charge in [-0.05, 0) is 11.6 Å². The van der Waals surface area contributed by atoms with Crippen molar-refractivity contribution in [2.45, 2.75) is 18.5 Å². The lowest BCUT2D eigenvalue weighted by Gasteiger charge is -2.65. The molecular weight excluding hydrogens is 298 g/mol. The Bertz CT molecular complexity index is 773. The van der Waals surface area contributed by atoms with Crippen molar-refractivity contribution in [3.05, 3.63) is 66.0 Å². The number of nitrogens with zero attached hydrogens (tertiary/aromatic N) is 3. The number of hydrogen-bond donors (Lipinski definition) is 0. The van der Waals surface area contributed by atoms with Crippen LogP contribution in [-0.2, 0) is 10.2 Å². The van der Waals surface area contributed by atoms with Crippen molar-refractivity contribution in [1.29, 1.82) is 0 Å². The molecule has 2 aromatic rings. The van der Waals surface area contributed by atoms with Crippen LogP contribution < -0.4 is 0 Å². The van der Waals surface area contributed by atoms with Gasteiger partial charge in [0.25, 0.3) is 0 Å². The van der Waals surface area contributed by atoms with Gasteiger partial charge in [-0.1, -0.05) is 43.3 Å². The van der Waals surface area contributed by atoms with Crippen molar-refractivity contribution >= 4 is 5.78 Å². The van der Waals surface area contributed by atoms with Crippen molar-refractivity contribution in [3.8, 4) is 0 Å². The number of benzene rings is 1. The number of ketones is 1. The average Bonchev–Trinajstić information content (AvgIpc) is 2.60. The van der Waals surface area contributed by atoms with Crippen molar-refractivity contribution in [3.63, 3.8) is 0 Å². The second-order valence-electron chi connectivity index (χ2n) is 7.81. The van der Waals surface area contributed by atoms with E-state index in [4.69, 9.17) is 0 Å². The molecule has 2 atom stereocenters. The Kier molecular flexibility index (Phi) is 2.83. The molecule has 0 saturated carbocycles. The Morgan fingerprint density at radius 1 is 1.00 bits per heavy atom. The summed E-state index contributed by atoms with van der Waals surface area (Å²) in [6, 6.07) is 14.5. The van der Waals surface area contributed by atoms with Crippen LogP contribution >= 0.6 is 0 Å². The maximum atomic E-state index is 13.4. The van der Waals surface area contributed by atoms with E-state index in [9.17, 15) is 4.79 Å². The number of carbonyl (C=O) groups is 1. The Morgan fingerprint density at radius 3 is 2.33 bits per heavy atom. The zero-order chi connectivity index (χ0) is 16.4. The Labute approximate surface area is 142 Å². The third-order valence-electron chi connectivity index (χ3n) is 6.03. The summed E-state index contributed by atoms with van der Waals surface area (Å²) in [5.41, 5.74) is 1.74. The Hall–Kier alpha value is -2.04. The average molecular weight is 319 g/mol. The quantitative estimate of drug-likeness (QED) is 0.851. The highest BCUT2D eigenvalue weighted by Crippen LogP contribution is 2.52. The summed E-state index contributed by atoms with van der Waals surface area (Å²) in [4.78, 5) is 22.7. The fourth-order valence-electron chi connectivity index (χ4n) is 5.26. The molecular formula is C20H21N3O. The van der Waals surface area contributed by atoms with Crippen LogP contribution in [0.2, 0.25) is 0 Å². The Morgan fingerprint density at radius 2 is 1.71 bits per heavy atom. The van der Waals surface area contributed by atoms with Gasteiger partial charge in [-0.2, -0.15) is 0 Å². The monoisotopic (exact) mass is 319 g/mol. The van der Waals surface area contributed by atoms with Crippen molar-refractivity contribution in [2.24, 2.45) is 5.41 Å². The van der Waals surface area contributed by atoms with Crippen LogP contribution in [0.1, 0.15) is 24.2 Å². The van der Waals surface area contributed by atoms with Gasteiger partial charge in [0, 0.05) is 44.1 Å². The van der Waals surface area contributed by atoms with Crippen LogP contribution in [0.3, 0.4) is 0 Å². The molecule has 0 aliphatic carbocycles. The SMILES string of the molecule is CC12CN3CC(c4ccccc4)(CN(C1)C3c1cccnc1)C2=O. The van der Waals surface area contributed by atoms with Crippen LogP contribution in [0.4, 0.5) is 0 Å². The van der Waals surface area contributed by atoms with E-state index in [1.54, 1.807) is 0 Å². The highest BCUT2D eigenvalue weighted by molar-refractivity contribution is 5.97. The smallest absolute Gasteiger partial charge is 0.154 e. The fourth-order valence-corrected chi connectivity index (χ4v) is 5.26. The normalized spacial score (nSPS) is 40.0. The molecule has 0 N–H and O–H groups in total. The van der Waals surface area contributed by atoms with Gasteiger partial charge in [-0.25, -0.2) is 0 Å². The molecule has 0 amide bonds. The number of Topliss-reactive ketones (excluding diaryl/α,β-unsaturated/α-hetero) is 1. The lowest BCUT2D eigenvalue weighted by atomic mass is 9.58. The predicted octanol–water partition coefficient (Wildman–Crippen LogP) is 2.24. The second-order valence-corrected chi connectivity index (χ2v) is 7.81. The lowest BCUT2D eigenvalue weighted by Crippen LogP contribution is -2.77. The lowest BCUT2D eigenvalue weighted by molar-refractivity contribution is -0.185. The van der Waals surface area contributed by atoms with Crippen LogP contribution in [0.15, 0.2) is 54.9 Å². The fraction of sp³-hybridized carbons (Fsp3) is 0.400. The van der Waals surface area contributed by atoms with Gasteiger partial charge in [-0.15, -0.1) is 0 Å². The van der Waals surface area contributed by atoms with E-state index in [0.717, 1.165) is 26.2 Å². The number of pyridine rings is 1. The van der Waals surface area contributed by atoms with E-state index in [0.29, 0.717) is 5.78 Å². The van der Waals surface area contributed by atoms with Crippen LogP contribution in [0.25, 0.3) is 0 Å². The first-order chi connectivity index (χ1) is 11.6. The summed E-state index contributed by atoms with van der Waals surface area (Å²) in [7, 11) is 0. The van der Waals surface area contributed by atoms with Crippen LogP contribution in [-0.4, -0.2) is 46.7 Å². The molecule has 0 spiro atoms. The van der Waals surface area contributed by atoms with E-state index in [-0.39, 0.29) is 17.0 Å². The largest absolute Gasteiger partial charge is 0.298 e. The summed E-state index contributed by atoms with van der Waals surface area (Å²) in [6.07, 6.45) is 4.03. The van der Waals surface area contributed by atoms with Gasteiger partial charge in [0.05, 0.1) is 17.0 Å². The van der Waals surface area contributed by atoms with Gasteiger partial charge < -0.3 is 0 Å². The molecule has 122 valence electrons. The first-order valence-corrected chi connectivity index (χ1v) is 8.61. The van der Waals surface area contributed by atoms with E-state index in [1.165, 1.54) is 11.1 Å². The molecule has 4 saturated heterocycles. The van der Waals surface area contributed by atoms with Gasteiger partial charge in [0.15, 0.2) is 5.78 Å². The molecule has 5 heterocycles. The minimum Gasteiger partial charge on any atom is -0.298 e. The molecule has 4 aliphatic rings. The molecule has 1 aromatic carbocycles. The van der Waals surface area contributed by atoms with Crippen LogP contribution in [0.5, 0.6) is 0 Å². The molecule has 6 rings (SSSR count). The summed E-state index contributed by atoms with van der Waals surface area (Å²) in [5.74, 6) is 0.429. The maximum absolute atomic E-state index is 13.4. The summed E-state index contributed by atoms with van der Waals surface area (Å²) >= 11 is 0. The van der Waals surface area contributed by atoms with Crippen molar-refractivity contribution < 1.29 is 4.79 Å². The van der Waals surface area contributed by atoms with E-state index < -0.39 is 0 Å². The molecule has 4 nitrogen and oxygen atoms in total. The van der Waals surface area contributed by atoms with E-state index >= 15 is 0 Å². The number of rotatable bonds is 2. The molecule has 2 unspecified atom stereocenters. The van der Waals surface area contributed by atoms with Gasteiger partial charge in [0.2, 0.25) is 0 Å². The van der Waals surface area contributed by atoms with E-state index in [2.05, 4.69) is 39.9 Å². The van der Waals surface area contributed by atoms with Crippen molar-refractivity contribution in [2.75, 3.05) is 26.2 Å². The number of hydrogen-bond acceptors (Lipinski definition) is 4. The van der Waals surface area contributed by atoms with Gasteiger partial charge >= 0.3 is 0 Å². The summed E-state index contributed by atoms with van der Waals surface area (Å²) in [6.45, 7) is 5.45.